The summed E-state index contributed by atoms with van der Waals surface area (Å²) < 4.78 is 6.38. The molecule has 1 aliphatic carbocycles. The molecule has 2 amide bonds. The van der Waals surface area contributed by atoms with Crippen LogP contribution < -0.4 is 10.6 Å². The molecule has 1 aromatic carbocycles. The summed E-state index contributed by atoms with van der Waals surface area (Å²) in [7, 11) is 0. The smallest absolute Gasteiger partial charge is 0.319 e. The van der Waals surface area contributed by atoms with Crippen molar-refractivity contribution in [1.82, 2.24) is 20.1 Å². The molecule has 1 unspecified atom stereocenters. The molecule has 30 heavy (non-hydrogen) atoms. The zero-order valence-electron chi connectivity index (χ0n) is 17.2. The van der Waals surface area contributed by atoms with Crippen LogP contribution >= 0.6 is 11.6 Å². The van der Waals surface area contributed by atoms with Gasteiger partial charge in [-0.25, -0.2) is 9.78 Å². The topological polar surface area (TPSA) is 73.6 Å². The van der Waals surface area contributed by atoms with Gasteiger partial charge in [-0.05, 0) is 38.3 Å². The summed E-state index contributed by atoms with van der Waals surface area (Å²) in [5.74, 6) is 0.740. The number of carbonyl (C=O) groups excluding carboxylic acids is 1. The second-order valence-electron chi connectivity index (χ2n) is 9.35. The number of nitrogens with zero attached hydrogens (tertiary/aromatic N) is 3. The van der Waals surface area contributed by atoms with Crippen molar-refractivity contribution in [3.63, 3.8) is 0 Å². The number of fused-ring (bicyclic) bond motifs is 5. The fourth-order valence-corrected chi connectivity index (χ4v) is 6.32. The van der Waals surface area contributed by atoms with Crippen LogP contribution in [-0.4, -0.2) is 53.0 Å². The molecule has 7 nitrogen and oxygen atoms in total. The lowest BCUT2D eigenvalue weighted by Gasteiger charge is -2.42. The van der Waals surface area contributed by atoms with E-state index in [4.69, 9.17) is 21.0 Å². The van der Waals surface area contributed by atoms with Crippen LogP contribution in [-0.2, 0) is 12.1 Å². The summed E-state index contributed by atoms with van der Waals surface area (Å²) in [6, 6.07) is 2.33. The highest BCUT2D eigenvalue weighted by molar-refractivity contribution is 6.35. The number of nitrogens with one attached hydrogen (secondary N) is 2. The molecule has 0 bridgehead atoms. The van der Waals surface area contributed by atoms with Gasteiger partial charge in [-0.15, -0.1) is 0 Å². The predicted molar refractivity (Wildman–Crippen MR) is 116 cm³/mol. The number of piperazine rings is 1. The molecule has 1 spiro atoms. The van der Waals surface area contributed by atoms with E-state index in [1.54, 1.807) is 0 Å². The number of halogens is 1. The van der Waals surface area contributed by atoms with Crippen LogP contribution in [0, 0.1) is 0 Å². The van der Waals surface area contributed by atoms with Crippen molar-refractivity contribution in [3.05, 3.63) is 22.5 Å². The average molecular weight is 430 g/mol. The van der Waals surface area contributed by atoms with Crippen molar-refractivity contribution in [1.29, 1.82) is 0 Å². The summed E-state index contributed by atoms with van der Waals surface area (Å²) >= 11 is 6.61. The van der Waals surface area contributed by atoms with E-state index in [2.05, 4.69) is 20.4 Å². The lowest BCUT2D eigenvalue weighted by molar-refractivity contribution is 0.0931. The summed E-state index contributed by atoms with van der Waals surface area (Å²) in [6.45, 7) is 5.23. The molecule has 160 valence electrons. The molecule has 3 aliphatic heterocycles. The lowest BCUT2D eigenvalue weighted by atomic mass is 9.74. The van der Waals surface area contributed by atoms with Gasteiger partial charge in [0.05, 0.1) is 22.8 Å². The second kappa shape index (κ2) is 7.11. The molecule has 3 fully saturated rings. The van der Waals surface area contributed by atoms with Crippen LogP contribution in [0.25, 0.3) is 11.1 Å². The molecular weight excluding hydrogens is 402 g/mol. The minimum Gasteiger partial charge on any atom is -0.439 e. The Morgan fingerprint density at radius 2 is 2.07 bits per heavy atom. The highest BCUT2D eigenvalue weighted by atomic mass is 35.5. The van der Waals surface area contributed by atoms with Crippen LogP contribution in [0.2, 0.25) is 5.02 Å². The van der Waals surface area contributed by atoms with Crippen LogP contribution in [0.4, 0.5) is 10.5 Å². The maximum Gasteiger partial charge on any atom is 0.319 e. The number of carbonyl (C=O) groups is 1. The number of oxazole rings is 1. The molecule has 1 saturated carbocycles. The average Bonchev–Trinajstić information content (AvgIpc) is 3.34. The number of aromatic nitrogens is 1. The number of rotatable bonds is 2. The number of urea groups is 1. The van der Waals surface area contributed by atoms with E-state index < -0.39 is 5.54 Å². The first kappa shape index (κ1) is 18.9. The highest BCUT2D eigenvalue weighted by Gasteiger charge is 2.44. The second-order valence-corrected chi connectivity index (χ2v) is 9.76. The Kier molecular flexibility index (Phi) is 4.48. The third-order valence-electron chi connectivity index (χ3n) is 7.48. The molecule has 2 saturated heterocycles. The normalized spacial score (nSPS) is 26.4. The molecule has 8 heteroatoms. The van der Waals surface area contributed by atoms with Crippen LogP contribution in [0.5, 0.6) is 0 Å². The van der Waals surface area contributed by atoms with E-state index in [0.717, 1.165) is 74.4 Å². The first-order chi connectivity index (χ1) is 14.6. The minimum atomic E-state index is -0.411. The maximum atomic E-state index is 12.4. The largest absolute Gasteiger partial charge is 0.439 e. The van der Waals surface area contributed by atoms with Crippen molar-refractivity contribution in [2.45, 2.75) is 63.1 Å². The first-order valence-electron chi connectivity index (χ1n) is 11.3. The number of hydrogen-bond acceptors (Lipinski definition) is 5. The Morgan fingerprint density at radius 3 is 2.93 bits per heavy atom. The van der Waals surface area contributed by atoms with E-state index in [1.807, 2.05) is 6.07 Å². The number of benzene rings is 1. The van der Waals surface area contributed by atoms with Crippen molar-refractivity contribution in [2.75, 3.05) is 31.5 Å². The van der Waals surface area contributed by atoms with Gasteiger partial charge in [0.25, 0.3) is 0 Å². The van der Waals surface area contributed by atoms with E-state index in [9.17, 15) is 4.79 Å². The Labute approximate surface area is 181 Å². The van der Waals surface area contributed by atoms with E-state index in [1.165, 1.54) is 25.8 Å². The van der Waals surface area contributed by atoms with Gasteiger partial charge in [0.1, 0.15) is 5.52 Å². The van der Waals surface area contributed by atoms with Gasteiger partial charge in [0, 0.05) is 31.2 Å². The third-order valence-corrected chi connectivity index (χ3v) is 7.78. The molecule has 2 aromatic rings. The fourth-order valence-electron chi connectivity index (χ4n) is 6.07. The molecule has 2 N–H and O–H groups in total. The Hall–Kier alpha value is -1.83. The zero-order valence-corrected chi connectivity index (χ0v) is 17.9. The molecule has 0 radical (unpaired) electrons. The zero-order chi connectivity index (χ0) is 20.3. The van der Waals surface area contributed by atoms with Gasteiger partial charge in [0.15, 0.2) is 5.58 Å². The van der Waals surface area contributed by atoms with E-state index in [0.29, 0.717) is 16.8 Å². The number of hydrogen-bond donors (Lipinski definition) is 2. The molecule has 6 rings (SSSR count). The summed E-state index contributed by atoms with van der Waals surface area (Å²) in [4.78, 5) is 22.3. The van der Waals surface area contributed by atoms with Crippen molar-refractivity contribution in [3.8, 4) is 0 Å². The van der Waals surface area contributed by atoms with Gasteiger partial charge < -0.3 is 15.1 Å². The Morgan fingerprint density at radius 1 is 1.20 bits per heavy atom. The molecule has 4 heterocycles. The standard InChI is InChI=1S/C22H28ClN5O2/c23-15-11-16-20(18-19(15)25-21(29)26-22(18)6-2-1-3-7-22)30-17(24-16)13-27-9-10-28-8-4-5-14(28)12-27/h11,14H,1-10,12-13H2,(H2,25,26,29). The molecular formula is C22H28ClN5O2. The van der Waals surface area contributed by atoms with Gasteiger partial charge in [-0.1, -0.05) is 30.9 Å². The quantitative estimate of drug-likeness (QED) is 0.753. The number of amides is 2. The van der Waals surface area contributed by atoms with E-state index in [-0.39, 0.29) is 6.03 Å². The molecule has 1 aromatic heterocycles. The maximum absolute atomic E-state index is 12.4. The molecule has 4 aliphatic rings. The Bertz CT molecular complexity index is 999. The SMILES string of the molecule is O=C1Nc2c(Cl)cc3nc(CN4CCN5CCCC5C4)oc3c2C2(CCCCC2)N1. The van der Waals surface area contributed by atoms with Crippen LogP contribution in [0.3, 0.4) is 0 Å². The van der Waals surface area contributed by atoms with Crippen LogP contribution in [0.1, 0.15) is 56.4 Å². The summed E-state index contributed by atoms with van der Waals surface area (Å²) in [6.07, 6.45) is 7.78. The van der Waals surface area contributed by atoms with Crippen molar-refractivity contribution >= 4 is 34.4 Å². The van der Waals surface area contributed by atoms with Crippen molar-refractivity contribution < 1.29 is 9.21 Å². The van der Waals surface area contributed by atoms with Gasteiger partial charge >= 0.3 is 6.03 Å². The summed E-state index contributed by atoms with van der Waals surface area (Å²) in [5.41, 5.74) is 2.83. The van der Waals surface area contributed by atoms with Gasteiger partial charge in [-0.3, -0.25) is 9.80 Å². The Balaban J connectivity index is 1.37. The van der Waals surface area contributed by atoms with Crippen LogP contribution in [0.15, 0.2) is 10.5 Å². The summed E-state index contributed by atoms with van der Waals surface area (Å²) in [5, 5.41) is 6.67. The number of anilines is 1. The first-order valence-corrected chi connectivity index (χ1v) is 11.7. The predicted octanol–water partition coefficient (Wildman–Crippen LogP) is 4.06. The highest BCUT2D eigenvalue weighted by Crippen LogP contribution is 2.48. The van der Waals surface area contributed by atoms with E-state index >= 15 is 0 Å². The minimum absolute atomic E-state index is 0.181. The fraction of sp³-hybridized carbons (Fsp3) is 0.636. The van der Waals surface area contributed by atoms with Gasteiger partial charge in [-0.2, -0.15) is 0 Å². The monoisotopic (exact) mass is 429 g/mol. The van der Waals surface area contributed by atoms with Gasteiger partial charge in [0.2, 0.25) is 5.89 Å². The molecule has 1 atom stereocenters. The lowest BCUT2D eigenvalue weighted by Crippen LogP contribution is -2.52. The third kappa shape index (κ3) is 3.01. The van der Waals surface area contributed by atoms with Crippen molar-refractivity contribution in [2.24, 2.45) is 0 Å².